The van der Waals surface area contributed by atoms with Gasteiger partial charge in [0.15, 0.2) is 5.69 Å². The smallest absolute Gasteiger partial charge is 0.360 e. The van der Waals surface area contributed by atoms with Crippen molar-refractivity contribution in [3.05, 3.63) is 83.0 Å². The highest BCUT2D eigenvalue weighted by Gasteiger charge is 2.28. The van der Waals surface area contributed by atoms with Gasteiger partial charge in [0.1, 0.15) is 5.83 Å². The van der Waals surface area contributed by atoms with Crippen molar-refractivity contribution in [2.45, 2.75) is 45.7 Å². The summed E-state index contributed by atoms with van der Waals surface area (Å²) in [6.45, 7) is 3.30. The molecule has 10 nitrogen and oxygen atoms in total. The highest BCUT2D eigenvalue weighted by atomic mass is 19.1. The molecule has 39 heavy (non-hydrogen) atoms. The highest BCUT2D eigenvalue weighted by molar-refractivity contribution is 5.94. The molecule has 1 aliphatic carbocycles. The third-order valence-corrected chi connectivity index (χ3v) is 6.59. The van der Waals surface area contributed by atoms with Crippen LogP contribution in [-0.2, 0) is 27.3 Å². The number of esters is 1. The van der Waals surface area contributed by atoms with E-state index in [2.05, 4.69) is 15.6 Å². The van der Waals surface area contributed by atoms with Crippen LogP contribution in [-0.4, -0.2) is 44.6 Å². The second-order valence-corrected chi connectivity index (χ2v) is 9.36. The lowest BCUT2D eigenvalue weighted by molar-refractivity contribution is -0.130. The lowest BCUT2D eigenvalue weighted by Crippen LogP contribution is -2.31. The minimum absolute atomic E-state index is 0.0954. The number of ether oxygens (including phenoxy) is 1. The molecular weight excluding hydrogens is 505 g/mol. The predicted octanol–water partition coefficient (Wildman–Crippen LogP) is 3.72. The van der Waals surface area contributed by atoms with Gasteiger partial charge in [-0.15, -0.1) is 5.10 Å². The Kier molecular flexibility index (Phi) is 8.82. The molecule has 0 saturated heterocycles. The van der Waals surface area contributed by atoms with Crippen molar-refractivity contribution in [3.63, 3.8) is 0 Å². The number of amides is 2. The van der Waals surface area contributed by atoms with Crippen LogP contribution in [0, 0.1) is 5.92 Å². The first kappa shape index (κ1) is 27.6. The van der Waals surface area contributed by atoms with Gasteiger partial charge >= 0.3 is 5.97 Å². The molecule has 204 valence electrons. The first-order chi connectivity index (χ1) is 18.8. The Hall–Kier alpha value is -4.38. The van der Waals surface area contributed by atoms with Gasteiger partial charge in [-0.05, 0) is 42.2 Å². The van der Waals surface area contributed by atoms with Gasteiger partial charge in [0.05, 0.1) is 31.3 Å². The van der Waals surface area contributed by atoms with E-state index in [1.165, 1.54) is 16.8 Å². The fourth-order valence-corrected chi connectivity index (χ4v) is 4.56. The maximum absolute atomic E-state index is 13.7. The fourth-order valence-electron chi connectivity index (χ4n) is 4.56. The quantitative estimate of drug-likeness (QED) is 0.205. The summed E-state index contributed by atoms with van der Waals surface area (Å²) in [7, 11) is 0. The molecule has 0 spiro atoms. The van der Waals surface area contributed by atoms with Gasteiger partial charge < -0.3 is 10.1 Å². The Morgan fingerprint density at radius 1 is 1.18 bits per heavy atom. The van der Waals surface area contributed by atoms with Crippen LogP contribution in [0.25, 0.3) is 10.8 Å². The molecule has 0 fully saturated rings. The fraction of sp³-hybridized carbons (Fsp3) is 0.321. The molecular formula is C28H30FN5O5. The zero-order chi connectivity index (χ0) is 27.9. The predicted molar refractivity (Wildman–Crippen MR) is 140 cm³/mol. The summed E-state index contributed by atoms with van der Waals surface area (Å²) in [4.78, 5) is 37.8. The SMILES string of the molecule is CCOC(=O)c1nnn([C@@H](CC(=O)NO)Cc2ccc3ccccc3c2)c1CNC(=O)C1=CC=C(F)C(C)C1. The number of benzene rings is 2. The number of aromatic nitrogens is 3. The number of rotatable bonds is 10. The Labute approximate surface area is 224 Å². The van der Waals surface area contributed by atoms with Crippen LogP contribution in [0.15, 0.2) is 66.0 Å². The summed E-state index contributed by atoms with van der Waals surface area (Å²) in [6.07, 6.45) is 3.07. The van der Waals surface area contributed by atoms with Gasteiger partial charge in [-0.2, -0.15) is 0 Å². The number of hydroxylamine groups is 1. The molecule has 3 aromatic rings. The summed E-state index contributed by atoms with van der Waals surface area (Å²) in [5.74, 6) is -2.51. The molecule has 2 atom stereocenters. The summed E-state index contributed by atoms with van der Waals surface area (Å²) >= 11 is 0. The normalized spacial score (nSPS) is 15.7. The number of nitrogens with one attached hydrogen (secondary N) is 2. The van der Waals surface area contributed by atoms with Crippen molar-refractivity contribution in [1.29, 1.82) is 0 Å². The van der Waals surface area contributed by atoms with Crippen molar-refractivity contribution in [2.75, 3.05) is 6.61 Å². The van der Waals surface area contributed by atoms with Gasteiger partial charge in [-0.25, -0.2) is 19.3 Å². The summed E-state index contributed by atoms with van der Waals surface area (Å²) in [5.41, 5.74) is 3.08. The Morgan fingerprint density at radius 2 is 1.95 bits per heavy atom. The molecule has 0 bridgehead atoms. The number of carbonyl (C=O) groups is 3. The van der Waals surface area contributed by atoms with E-state index in [-0.39, 0.29) is 43.2 Å². The number of hydrogen-bond acceptors (Lipinski definition) is 7. The maximum atomic E-state index is 13.7. The molecule has 1 aliphatic rings. The van der Waals surface area contributed by atoms with Crippen molar-refractivity contribution >= 4 is 28.6 Å². The highest BCUT2D eigenvalue weighted by Crippen LogP contribution is 2.27. The molecule has 4 rings (SSSR count). The largest absolute Gasteiger partial charge is 0.461 e. The second kappa shape index (κ2) is 12.4. The van der Waals surface area contributed by atoms with Gasteiger partial charge in [-0.3, -0.25) is 14.8 Å². The molecule has 1 unspecified atom stereocenters. The third-order valence-electron chi connectivity index (χ3n) is 6.59. The van der Waals surface area contributed by atoms with E-state index in [0.717, 1.165) is 16.3 Å². The Bertz CT molecular complexity index is 1450. The van der Waals surface area contributed by atoms with Crippen LogP contribution in [0.4, 0.5) is 4.39 Å². The Balaban J connectivity index is 1.66. The number of hydrogen-bond donors (Lipinski definition) is 3. The van der Waals surface area contributed by atoms with Crippen molar-refractivity contribution < 1.29 is 28.7 Å². The molecule has 3 N–H and O–H groups in total. The average molecular weight is 536 g/mol. The summed E-state index contributed by atoms with van der Waals surface area (Å²) in [5, 5.41) is 22.2. The number of halogens is 1. The van der Waals surface area contributed by atoms with Crippen LogP contribution in [0.1, 0.15) is 54.5 Å². The molecule has 11 heteroatoms. The van der Waals surface area contributed by atoms with E-state index in [1.807, 2.05) is 42.5 Å². The minimum Gasteiger partial charge on any atom is -0.461 e. The molecule has 1 aromatic heterocycles. The number of nitrogens with zero attached hydrogens (tertiary/aromatic N) is 3. The van der Waals surface area contributed by atoms with Crippen LogP contribution in [0.3, 0.4) is 0 Å². The third kappa shape index (κ3) is 6.55. The molecule has 0 saturated carbocycles. The van der Waals surface area contributed by atoms with Crippen LogP contribution in [0.5, 0.6) is 0 Å². The van der Waals surface area contributed by atoms with Crippen molar-refractivity contribution in [3.8, 4) is 0 Å². The van der Waals surface area contributed by atoms with Crippen LogP contribution < -0.4 is 10.8 Å². The number of carbonyl (C=O) groups excluding carboxylic acids is 3. The lowest BCUT2D eigenvalue weighted by atomic mass is 9.94. The lowest BCUT2D eigenvalue weighted by Gasteiger charge is -2.20. The van der Waals surface area contributed by atoms with E-state index in [4.69, 9.17) is 4.74 Å². The summed E-state index contributed by atoms with van der Waals surface area (Å²) in [6, 6.07) is 13.1. The van der Waals surface area contributed by atoms with Gasteiger partial charge in [0, 0.05) is 11.5 Å². The summed E-state index contributed by atoms with van der Waals surface area (Å²) < 4.78 is 20.3. The standard InChI is InChI=1S/C28H30FN5O5/c1-3-39-28(37)26-24(16-30-27(36)21-10-11-23(29)17(2)12-21)34(33-31-26)22(15-25(35)32-38)14-18-8-9-19-6-4-5-7-20(19)13-18/h4-11,13,17,22,38H,3,12,14-16H2,1-2H3,(H,30,36)(H,32,35)/t17?,22-/m1/s1. The van der Waals surface area contributed by atoms with Crippen molar-refractivity contribution in [1.82, 2.24) is 25.8 Å². The average Bonchev–Trinajstić information content (AvgIpc) is 3.36. The van der Waals surface area contributed by atoms with E-state index >= 15 is 0 Å². The monoisotopic (exact) mass is 535 g/mol. The van der Waals surface area contributed by atoms with E-state index in [0.29, 0.717) is 12.0 Å². The topological polar surface area (TPSA) is 135 Å². The molecule has 1 heterocycles. The first-order valence-corrected chi connectivity index (χ1v) is 12.7. The molecule has 0 aliphatic heterocycles. The zero-order valence-corrected chi connectivity index (χ0v) is 21.7. The minimum atomic E-state index is -0.723. The number of allylic oxidation sites excluding steroid dienone is 3. The van der Waals surface area contributed by atoms with E-state index in [1.54, 1.807) is 19.3 Å². The van der Waals surface area contributed by atoms with E-state index < -0.39 is 29.7 Å². The van der Waals surface area contributed by atoms with Gasteiger partial charge in [0.2, 0.25) is 11.8 Å². The van der Waals surface area contributed by atoms with Crippen LogP contribution >= 0.6 is 0 Å². The van der Waals surface area contributed by atoms with Crippen molar-refractivity contribution in [2.24, 2.45) is 5.92 Å². The second-order valence-electron chi connectivity index (χ2n) is 9.36. The molecule has 2 aromatic carbocycles. The number of fused-ring (bicyclic) bond motifs is 1. The van der Waals surface area contributed by atoms with Gasteiger partial charge in [-0.1, -0.05) is 60.7 Å². The Morgan fingerprint density at radius 3 is 2.67 bits per heavy atom. The van der Waals surface area contributed by atoms with Gasteiger partial charge in [0.25, 0.3) is 0 Å². The molecule has 2 amide bonds. The maximum Gasteiger partial charge on any atom is 0.360 e. The molecule has 0 radical (unpaired) electrons. The van der Waals surface area contributed by atoms with Crippen LogP contribution in [0.2, 0.25) is 0 Å². The first-order valence-electron chi connectivity index (χ1n) is 12.7. The van der Waals surface area contributed by atoms with E-state index in [9.17, 15) is 24.0 Å². The zero-order valence-electron chi connectivity index (χ0n) is 21.7.